The Morgan fingerprint density at radius 1 is 1.00 bits per heavy atom. The highest BCUT2D eigenvalue weighted by atomic mass is 32.2. The molecule has 0 saturated carbocycles. The van der Waals surface area contributed by atoms with Crippen molar-refractivity contribution in [2.75, 3.05) is 0 Å². The van der Waals surface area contributed by atoms with Crippen molar-refractivity contribution in [2.45, 2.75) is 50.4 Å². The summed E-state index contributed by atoms with van der Waals surface area (Å²) in [5.74, 6) is 0. The summed E-state index contributed by atoms with van der Waals surface area (Å²) in [5, 5.41) is 19.2. The van der Waals surface area contributed by atoms with Crippen molar-refractivity contribution in [1.29, 1.82) is 0 Å². The number of aliphatic hydroxyl groups is 2. The third-order valence-corrected chi connectivity index (χ3v) is 3.21. The molecular formula is C8H18O2S. The van der Waals surface area contributed by atoms with Crippen LogP contribution in [0.2, 0.25) is 0 Å². The van der Waals surface area contributed by atoms with Crippen LogP contribution in [-0.2, 0) is 0 Å². The smallest absolute Gasteiger partial charge is 0.110 e. The van der Waals surface area contributed by atoms with E-state index in [9.17, 15) is 10.2 Å². The van der Waals surface area contributed by atoms with E-state index in [0.717, 1.165) is 0 Å². The topological polar surface area (TPSA) is 40.5 Å². The zero-order valence-corrected chi connectivity index (χ0v) is 8.53. The molecule has 0 aliphatic carbocycles. The van der Waals surface area contributed by atoms with E-state index in [0.29, 0.717) is 12.8 Å². The Bertz CT molecular complexity index is 107. The molecule has 2 N–H and O–H groups in total. The fraction of sp³-hybridized carbons (Fsp3) is 1.00. The van der Waals surface area contributed by atoms with Gasteiger partial charge in [-0.1, -0.05) is 25.6 Å². The van der Waals surface area contributed by atoms with Crippen molar-refractivity contribution in [2.24, 2.45) is 0 Å². The number of hydrogen-bond acceptors (Lipinski definition) is 3. The largest absolute Gasteiger partial charge is 0.380 e. The zero-order valence-electron chi connectivity index (χ0n) is 7.72. The van der Waals surface area contributed by atoms with Crippen LogP contribution in [0.15, 0.2) is 0 Å². The first-order valence-corrected chi connectivity index (χ1v) is 4.79. The van der Waals surface area contributed by atoms with E-state index in [1.54, 1.807) is 13.8 Å². The van der Waals surface area contributed by atoms with E-state index in [-0.39, 0.29) is 0 Å². The maximum Gasteiger partial charge on any atom is 0.110 e. The van der Waals surface area contributed by atoms with Crippen molar-refractivity contribution < 1.29 is 10.2 Å². The highest BCUT2D eigenvalue weighted by molar-refractivity contribution is 8.01. The van der Waals surface area contributed by atoms with Crippen LogP contribution in [0.1, 0.15) is 40.5 Å². The van der Waals surface area contributed by atoms with Gasteiger partial charge < -0.3 is 10.2 Å². The molecule has 0 aliphatic rings. The molecule has 3 heteroatoms. The molecule has 0 aromatic rings. The molecule has 0 aliphatic heterocycles. The van der Waals surface area contributed by atoms with Gasteiger partial charge in [0.1, 0.15) is 9.87 Å². The Balaban J connectivity index is 4.02. The average Bonchev–Trinajstić information content (AvgIpc) is 1.86. The van der Waals surface area contributed by atoms with Crippen molar-refractivity contribution in [3.05, 3.63) is 0 Å². The third kappa shape index (κ3) is 4.67. The molecule has 11 heavy (non-hydrogen) atoms. The van der Waals surface area contributed by atoms with Gasteiger partial charge >= 0.3 is 0 Å². The van der Waals surface area contributed by atoms with E-state index in [1.165, 1.54) is 11.8 Å². The Labute approximate surface area is 73.0 Å². The molecule has 2 unspecified atom stereocenters. The van der Waals surface area contributed by atoms with Crippen LogP contribution in [0.3, 0.4) is 0 Å². The van der Waals surface area contributed by atoms with Gasteiger partial charge in [0.05, 0.1) is 0 Å². The maximum absolute atomic E-state index is 9.59. The van der Waals surface area contributed by atoms with E-state index in [1.807, 2.05) is 13.8 Å². The first-order valence-electron chi connectivity index (χ1n) is 3.98. The van der Waals surface area contributed by atoms with Gasteiger partial charge in [0.15, 0.2) is 0 Å². The minimum absolute atomic E-state index is 0.647. The molecule has 0 spiro atoms. The van der Waals surface area contributed by atoms with Crippen LogP contribution >= 0.6 is 11.8 Å². The van der Waals surface area contributed by atoms with E-state index in [2.05, 4.69) is 0 Å². The van der Waals surface area contributed by atoms with Crippen LogP contribution in [-0.4, -0.2) is 20.1 Å². The molecule has 0 rings (SSSR count). The van der Waals surface area contributed by atoms with Crippen LogP contribution in [0, 0.1) is 0 Å². The second-order valence-corrected chi connectivity index (χ2v) is 5.12. The summed E-state index contributed by atoms with van der Waals surface area (Å²) >= 11 is 1.22. The summed E-state index contributed by atoms with van der Waals surface area (Å²) in [5.41, 5.74) is 0. The van der Waals surface area contributed by atoms with Crippen molar-refractivity contribution in [3.63, 3.8) is 0 Å². The van der Waals surface area contributed by atoms with Gasteiger partial charge in [0.25, 0.3) is 0 Å². The van der Waals surface area contributed by atoms with E-state index in [4.69, 9.17) is 0 Å². The second-order valence-electron chi connectivity index (χ2n) is 3.16. The van der Waals surface area contributed by atoms with E-state index >= 15 is 0 Å². The molecule has 0 saturated heterocycles. The van der Waals surface area contributed by atoms with Gasteiger partial charge in [-0.3, -0.25) is 0 Å². The van der Waals surface area contributed by atoms with Gasteiger partial charge in [0, 0.05) is 0 Å². The fourth-order valence-corrected chi connectivity index (χ4v) is 1.85. The summed E-state index contributed by atoms with van der Waals surface area (Å²) in [6, 6.07) is 0. The Kier molecular flexibility index (Phi) is 3.88. The number of rotatable bonds is 4. The van der Waals surface area contributed by atoms with Crippen LogP contribution in [0.25, 0.3) is 0 Å². The van der Waals surface area contributed by atoms with Crippen molar-refractivity contribution >= 4 is 11.8 Å². The van der Waals surface area contributed by atoms with Gasteiger partial charge in [-0.05, 0) is 26.7 Å². The van der Waals surface area contributed by atoms with Crippen LogP contribution < -0.4 is 0 Å². The zero-order chi connectivity index (χ0) is 9.12. The number of hydrogen-bond donors (Lipinski definition) is 2. The minimum atomic E-state index is -0.806. The SMILES string of the molecule is CCC(C)(O)SC(C)(O)CC. The lowest BCUT2D eigenvalue weighted by Gasteiger charge is -2.30. The predicted molar refractivity (Wildman–Crippen MR) is 49.4 cm³/mol. The lowest BCUT2D eigenvalue weighted by molar-refractivity contribution is 0.120. The van der Waals surface area contributed by atoms with Gasteiger partial charge in [-0.25, -0.2) is 0 Å². The molecule has 0 bridgehead atoms. The first-order chi connectivity index (χ1) is 4.83. The molecule has 0 radical (unpaired) electrons. The van der Waals surface area contributed by atoms with E-state index < -0.39 is 9.87 Å². The molecule has 0 aromatic carbocycles. The third-order valence-electron chi connectivity index (χ3n) is 1.75. The second kappa shape index (κ2) is 3.78. The molecular weight excluding hydrogens is 160 g/mol. The fourth-order valence-electron chi connectivity index (χ4n) is 0.618. The summed E-state index contributed by atoms with van der Waals surface area (Å²) in [7, 11) is 0. The van der Waals surface area contributed by atoms with Crippen molar-refractivity contribution in [3.8, 4) is 0 Å². The van der Waals surface area contributed by atoms with Gasteiger partial charge in [-0.15, -0.1) is 0 Å². The Morgan fingerprint density at radius 2 is 1.27 bits per heavy atom. The lowest BCUT2D eigenvalue weighted by atomic mass is 10.3. The highest BCUT2D eigenvalue weighted by Crippen LogP contribution is 2.36. The quantitative estimate of drug-likeness (QED) is 0.646. The lowest BCUT2D eigenvalue weighted by Crippen LogP contribution is -2.29. The van der Waals surface area contributed by atoms with Gasteiger partial charge in [-0.2, -0.15) is 0 Å². The minimum Gasteiger partial charge on any atom is -0.380 e. The Morgan fingerprint density at radius 3 is 1.45 bits per heavy atom. The molecule has 2 atom stereocenters. The normalized spacial score (nSPS) is 22.4. The average molecular weight is 178 g/mol. The van der Waals surface area contributed by atoms with Crippen LogP contribution in [0.4, 0.5) is 0 Å². The predicted octanol–water partition coefficient (Wildman–Crippen LogP) is 1.96. The molecule has 0 heterocycles. The Hall–Kier alpha value is 0.270. The van der Waals surface area contributed by atoms with Crippen molar-refractivity contribution in [1.82, 2.24) is 0 Å². The summed E-state index contributed by atoms with van der Waals surface area (Å²) < 4.78 is 0. The molecule has 0 fully saturated rings. The summed E-state index contributed by atoms with van der Waals surface area (Å²) in [6.45, 7) is 7.25. The monoisotopic (exact) mass is 178 g/mol. The molecule has 0 aromatic heterocycles. The first kappa shape index (κ1) is 11.3. The molecule has 0 amide bonds. The summed E-state index contributed by atoms with van der Waals surface area (Å²) in [4.78, 5) is -1.61. The number of thioether (sulfide) groups is 1. The summed E-state index contributed by atoms with van der Waals surface area (Å²) in [6.07, 6.45) is 1.29. The van der Waals surface area contributed by atoms with Crippen LogP contribution in [0.5, 0.6) is 0 Å². The standard InChI is InChI=1S/C8H18O2S/c1-5-7(3,9)11-8(4,10)6-2/h9-10H,5-6H2,1-4H3. The van der Waals surface area contributed by atoms with Gasteiger partial charge in [0.2, 0.25) is 0 Å². The maximum atomic E-state index is 9.59. The molecule has 68 valence electrons. The molecule has 2 nitrogen and oxygen atoms in total. The highest BCUT2D eigenvalue weighted by Gasteiger charge is 2.29.